The zero-order valence-corrected chi connectivity index (χ0v) is 13.0. The first kappa shape index (κ1) is 15.3. The second-order valence-corrected chi connectivity index (χ2v) is 5.66. The molecule has 2 heterocycles. The van der Waals surface area contributed by atoms with E-state index in [1.165, 1.54) is 0 Å². The van der Waals surface area contributed by atoms with Crippen LogP contribution in [0.1, 0.15) is 25.3 Å². The summed E-state index contributed by atoms with van der Waals surface area (Å²) in [6, 6.07) is 4.68. The van der Waals surface area contributed by atoms with E-state index in [-0.39, 0.29) is 31.6 Å². The zero-order chi connectivity index (χ0) is 16.6. The van der Waals surface area contributed by atoms with Crippen LogP contribution in [0.3, 0.4) is 0 Å². The second-order valence-electron chi connectivity index (χ2n) is 5.66. The third-order valence-electron chi connectivity index (χ3n) is 4.20. The first-order valence-electron chi connectivity index (χ1n) is 7.43. The van der Waals surface area contributed by atoms with Gasteiger partial charge in [-0.1, -0.05) is 0 Å². The Kier molecular flexibility index (Phi) is 3.94. The standard InChI is InChI=1S/C16H18N2O5/c1-9-15(10-3-5-12-13(7-10)23-8-22-12)17-11(4-6-14(19)20)16(21)18(9)2/h3,5,7,9,11H,4,6,8H2,1-2H3,(H,19,20)/t9?,11-/m0/s1. The fourth-order valence-electron chi connectivity index (χ4n) is 2.76. The molecule has 0 aliphatic carbocycles. The van der Waals surface area contributed by atoms with E-state index >= 15 is 0 Å². The number of hydrogen-bond acceptors (Lipinski definition) is 5. The average Bonchev–Trinajstić information content (AvgIpc) is 2.99. The van der Waals surface area contributed by atoms with Gasteiger partial charge >= 0.3 is 5.97 Å². The Labute approximate surface area is 133 Å². The lowest BCUT2D eigenvalue weighted by Gasteiger charge is -2.34. The van der Waals surface area contributed by atoms with Crippen molar-refractivity contribution in [2.24, 2.45) is 4.99 Å². The minimum atomic E-state index is -0.932. The number of carboxylic acid groups (broad SMARTS) is 1. The number of ether oxygens (including phenoxy) is 2. The van der Waals surface area contributed by atoms with Gasteiger partial charge in [-0.3, -0.25) is 14.6 Å². The summed E-state index contributed by atoms with van der Waals surface area (Å²) in [5.41, 5.74) is 1.60. The fourth-order valence-corrected chi connectivity index (χ4v) is 2.76. The molecule has 0 bridgehead atoms. The van der Waals surface area contributed by atoms with Crippen molar-refractivity contribution in [2.45, 2.75) is 31.8 Å². The Hall–Kier alpha value is -2.57. The Morgan fingerprint density at radius 1 is 1.39 bits per heavy atom. The van der Waals surface area contributed by atoms with Crippen LogP contribution in [0.5, 0.6) is 11.5 Å². The maximum Gasteiger partial charge on any atom is 0.303 e. The Morgan fingerprint density at radius 2 is 2.13 bits per heavy atom. The van der Waals surface area contributed by atoms with E-state index in [1.54, 1.807) is 11.9 Å². The van der Waals surface area contributed by atoms with Crippen LogP contribution in [0, 0.1) is 0 Å². The first-order chi connectivity index (χ1) is 11.0. The molecule has 122 valence electrons. The van der Waals surface area contributed by atoms with Gasteiger partial charge in [-0.25, -0.2) is 0 Å². The molecule has 0 fully saturated rings. The smallest absolute Gasteiger partial charge is 0.303 e. The van der Waals surface area contributed by atoms with E-state index < -0.39 is 12.0 Å². The Bertz CT molecular complexity index is 685. The lowest BCUT2D eigenvalue weighted by molar-refractivity contribution is -0.137. The van der Waals surface area contributed by atoms with Crippen LogP contribution in [0.15, 0.2) is 23.2 Å². The molecule has 0 radical (unpaired) electrons. The predicted molar refractivity (Wildman–Crippen MR) is 82.0 cm³/mol. The highest BCUT2D eigenvalue weighted by atomic mass is 16.7. The molecule has 23 heavy (non-hydrogen) atoms. The molecule has 1 aromatic carbocycles. The van der Waals surface area contributed by atoms with Gasteiger partial charge in [0.2, 0.25) is 12.7 Å². The monoisotopic (exact) mass is 318 g/mol. The molecule has 2 atom stereocenters. The van der Waals surface area contributed by atoms with Crippen LogP contribution < -0.4 is 9.47 Å². The summed E-state index contributed by atoms with van der Waals surface area (Å²) in [6.45, 7) is 2.09. The maximum absolute atomic E-state index is 12.3. The van der Waals surface area contributed by atoms with Crippen LogP contribution in [0.2, 0.25) is 0 Å². The van der Waals surface area contributed by atoms with Crippen molar-refractivity contribution >= 4 is 17.6 Å². The summed E-state index contributed by atoms with van der Waals surface area (Å²) < 4.78 is 10.7. The zero-order valence-electron chi connectivity index (χ0n) is 13.0. The quantitative estimate of drug-likeness (QED) is 0.904. The number of carbonyl (C=O) groups excluding carboxylic acids is 1. The molecule has 1 aromatic rings. The van der Waals surface area contributed by atoms with Crippen molar-refractivity contribution < 1.29 is 24.2 Å². The third kappa shape index (κ3) is 2.86. The molecule has 1 N–H and O–H groups in total. The van der Waals surface area contributed by atoms with E-state index in [9.17, 15) is 9.59 Å². The minimum Gasteiger partial charge on any atom is -0.481 e. The van der Waals surface area contributed by atoms with Gasteiger partial charge in [-0.15, -0.1) is 0 Å². The summed E-state index contributed by atoms with van der Waals surface area (Å²) >= 11 is 0. The maximum atomic E-state index is 12.3. The molecule has 0 saturated carbocycles. The highest BCUT2D eigenvalue weighted by Crippen LogP contribution is 2.33. The van der Waals surface area contributed by atoms with E-state index in [4.69, 9.17) is 14.6 Å². The molecular formula is C16H18N2O5. The Balaban J connectivity index is 1.93. The number of hydrogen-bond donors (Lipinski definition) is 1. The topological polar surface area (TPSA) is 88.4 Å². The molecule has 2 aliphatic rings. The molecule has 0 aromatic heterocycles. The third-order valence-corrected chi connectivity index (χ3v) is 4.20. The van der Waals surface area contributed by atoms with Crippen LogP contribution >= 0.6 is 0 Å². The number of rotatable bonds is 4. The van der Waals surface area contributed by atoms with Gasteiger partial charge in [-0.05, 0) is 31.5 Å². The number of benzene rings is 1. The van der Waals surface area contributed by atoms with E-state index in [2.05, 4.69) is 4.99 Å². The number of likely N-dealkylation sites (N-methyl/N-ethyl adjacent to an activating group) is 1. The number of carboxylic acids is 1. The van der Waals surface area contributed by atoms with Crippen molar-refractivity contribution in [1.29, 1.82) is 0 Å². The molecule has 2 aliphatic heterocycles. The number of fused-ring (bicyclic) bond motifs is 1. The van der Waals surface area contributed by atoms with Gasteiger partial charge in [0.1, 0.15) is 6.04 Å². The van der Waals surface area contributed by atoms with Gasteiger partial charge in [0, 0.05) is 19.0 Å². The van der Waals surface area contributed by atoms with Gasteiger partial charge in [0.05, 0.1) is 11.8 Å². The Morgan fingerprint density at radius 3 is 2.87 bits per heavy atom. The largest absolute Gasteiger partial charge is 0.481 e. The molecule has 0 saturated heterocycles. The highest BCUT2D eigenvalue weighted by Gasteiger charge is 2.34. The molecule has 7 nitrogen and oxygen atoms in total. The summed E-state index contributed by atoms with van der Waals surface area (Å²) in [7, 11) is 1.71. The van der Waals surface area contributed by atoms with Crippen LogP contribution in [0.4, 0.5) is 0 Å². The highest BCUT2D eigenvalue weighted by molar-refractivity contribution is 6.09. The van der Waals surface area contributed by atoms with Crippen LogP contribution in [0.25, 0.3) is 0 Å². The number of aliphatic carboxylic acids is 1. The second kappa shape index (κ2) is 5.91. The molecule has 1 unspecified atom stereocenters. The molecular weight excluding hydrogens is 300 g/mol. The average molecular weight is 318 g/mol. The van der Waals surface area contributed by atoms with Gasteiger partial charge in [0.15, 0.2) is 11.5 Å². The summed E-state index contributed by atoms with van der Waals surface area (Å²) in [6.07, 6.45) is 0.107. The minimum absolute atomic E-state index is 0.0868. The predicted octanol–water partition coefficient (Wildman–Crippen LogP) is 1.30. The van der Waals surface area contributed by atoms with Crippen molar-refractivity contribution in [3.8, 4) is 11.5 Å². The van der Waals surface area contributed by atoms with Crippen molar-refractivity contribution in [2.75, 3.05) is 13.8 Å². The molecule has 7 heteroatoms. The van der Waals surface area contributed by atoms with Crippen LogP contribution in [-0.2, 0) is 9.59 Å². The van der Waals surface area contributed by atoms with Crippen LogP contribution in [-0.4, -0.2) is 53.5 Å². The van der Waals surface area contributed by atoms with E-state index in [1.807, 2.05) is 25.1 Å². The number of amides is 1. The summed E-state index contributed by atoms with van der Waals surface area (Å²) in [5, 5.41) is 8.83. The summed E-state index contributed by atoms with van der Waals surface area (Å²) in [4.78, 5) is 29.2. The van der Waals surface area contributed by atoms with Gasteiger partial charge < -0.3 is 19.5 Å². The fraction of sp³-hybridized carbons (Fsp3) is 0.438. The van der Waals surface area contributed by atoms with Gasteiger partial charge in [-0.2, -0.15) is 0 Å². The van der Waals surface area contributed by atoms with E-state index in [0.717, 1.165) is 11.3 Å². The first-order valence-corrected chi connectivity index (χ1v) is 7.43. The number of carbonyl (C=O) groups is 2. The lowest BCUT2D eigenvalue weighted by Crippen LogP contribution is -2.50. The normalized spacial score (nSPS) is 23.0. The van der Waals surface area contributed by atoms with Crippen molar-refractivity contribution in [3.05, 3.63) is 23.8 Å². The molecule has 1 amide bonds. The van der Waals surface area contributed by atoms with E-state index in [0.29, 0.717) is 11.5 Å². The summed E-state index contributed by atoms with van der Waals surface area (Å²) in [5.74, 6) is 0.255. The lowest BCUT2D eigenvalue weighted by atomic mass is 9.97. The number of aliphatic imine (C=N–C) groups is 1. The molecule has 0 spiro atoms. The molecule has 3 rings (SSSR count). The van der Waals surface area contributed by atoms with Crippen molar-refractivity contribution in [3.63, 3.8) is 0 Å². The van der Waals surface area contributed by atoms with Gasteiger partial charge in [0.25, 0.3) is 0 Å². The SMILES string of the molecule is CC1C(c2ccc3c(c2)OCO3)=N[C@@H](CCC(=O)O)C(=O)N1C. The number of nitrogens with zero attached hydrogens (tertiary/aromatic N) is 2. The van der Waals surface area contributed by atoms with Crippen molar-refractivity contribution in [1.82, 2.24) is 4.90 Å².